The van der Waals surface area contributed by atoms with Gasteiger partial charge in [0.05, 0.1) is 41.6 Å². The van der Waals surface area contributed by atoms with Crippen LogP contribution < -0.4 is 0 Å². The molecule has 2 N–H and O–H groups in total. The van der Waals surface area contributed by atoms with E-state index >= 15 is 0 Å². The molecule has 2 heterocycles. The Hall–Kier alpha value is -3.92. The van der Waals surface area contributed by atoms with Gasteiger partial charge in [0.25, 0.3) is 20.2 Å². The van der Waals surface area contributed by atoms with Crippen LogP contribution in [0.4, 0.5) is 11.4 Å². The van der Waals surface area contributed by atoms with Crippen LogP contribution in [0.15, 0.2) is 92.8 Å². The summed E-state index contributed by atoms with van der Waals surface area (Å²) in [6.45, 7) is 3.29. The molecule has 0 amide bonds. The van der Waals surface area contributed by atoms with E-state index in [2.05, 4.69) is 20.2 Å². The van der Waals surface area contributed by atoms with Crippen molar-refractivity contribution in [3.05, 3.63) is 83.9 Å². The molecule has 2 aromatic heterocycles. The highest BCUT2D eigenvalue weighted by atomic mass is 32.2. The molecule has 42 heavy (non-hydrogen) atoms. The van der Waals surface area contributed by atoms with Gasteiger partial charge in [0.15, 0.2) is 0 Å². The predicted molar refractivity (Wildman–Crippen MR) is 163 cm³/mol. The highest BCUT2D eigenvalue weighted by Gasteiger charge is 2.19. The number of hydrogen-bond acceptors (Lipinski definition) is 10. The lowest BCUT2D eigenvalue weighted by atomic mass is 10.2. The number of rotatable bonds is 6. The van der Waals surface area contributed by atoms with Crippen LogP contribution in [-0.2, 0) is 20.2 Å². The Kier molecular flexibility index (Phi) is 7.00. The summed E-state index contributed by atoms with van der Waals surface area (Å²) >= 11 is 2.69. The molecule has 10 nitrogen and oxygen atoms in total. The second kappa shape index (κ2) is 10.4. The Labute approximate surface area is 248 Å². The lowest BCUT2D eigenvalue weighted by molar-refractivity contribution is 0.480. The molecular formula is C28H20N4O6S4. The zero-order valence-corrected chi connectivity index (χ0v) is 25.1. The van der Waals surface area contributed by atoms with E-state index < -0.39 is 20.2 Å². The monoisotopic (exact) mass is 636 g/mol. The maximum Gasteiger partial charge on any atom is 0.294 e. The molecular weight excluding hydrogens is 617 g/mol. The maximum atomic E-state index is 11.6. The lowest BCUT2D eigenvalue weighted by Gasteiger charge is -2.01. The van der Waals surface area contributed by atoms with Crippen molar-refractivity contribution in [2.24, 2.45) is 10.2 Å². The highest BCUT2D eigenvalue weighted by molar-refractivity contribution is 7.86. The fraction of sp³-hybridized carbons (Fsp3) is 0.0714. The molecule has 0 aliphatic carbocycles. The molecule has 0 fully saturated rings. The second-order valence-electron chi connectivity index (χ2n) is 9.36. The fourth-order valence-electron chi connectivity index (χ4n) is 4.47. The first kappa shape index (κ1) is 28.2. The molecule has 6 aromatic rings. The van der Waals surface area contributed by atoms with Gasteiger partial charge in [-0.05, 0) is 97.8 Å². The first-order chi connectivity index (χ1) is 19.9. The van der Waals surface area contributed by atoms with Gasteiger partial charge in [-0.1, -0.05) is 0 Å². The van der Waals surface area contributed by atoms with Crippen molar-refractivity contribution < 1.29 is 25.9 Å². The molecule has 14 heteroatoms. The first-order valence-corrected chi connectivity index (χ1v) is 16.8. The summed E-state index contributed by atoms with van der Waals surface area (Å²) in [6, 6.07) is 20.5. The highest BCUT2D eigenvalue weighted by Crippen LogP contribution is 2.37. The summed E-state index contributed by atoms with van der Waals surface area (Å²) in [6.07, 6.45) is 0. The minimum Gasteiger partial charge on any atom is -0.282 e. The van der Waals surface area contributed by atoms with Crippen LogP contribution in [0.1, 0.15) is 11.1 Å². The number of nitrogens with zero attached hydrogens (tertiary/aromatic N) is 4. The van der Waals surface area contributed by atoms with E-state index in [0.29, 0.717) is 53.0 Å². The van der Waals surface area contributed by atoms with Crippen molar-refractivity contribution >= 4 is 74.7 Å². The van der Waals surface area contributed by atoms with Crippen molar-refractivity contribution in [1.82, 2.24) is 9.97 Å². The average Bonchev–Trinajstić information content (AvgIpc) is 3.57. The Morgan fingerprint density at radius 1 is 0.571 bits per heavy atom. The van der Waals surface area contributed by atoms with E-state index in [1.54, 1.807) is 50.2 Å². The number of azo groups is 1. The van der Waals surface area contributed by atoms with Crippen molar-refractivity contribution in [2.45, 2.75) is 23.6 Å². The largest absolute Gasteiger partial charge is 0.294 e. The molecule has 0 aliphatic rings. The molecule has 0 saturated carbocycles. The van der Waals surface area contributed by atoms with E-state index in [9.17, 15) is 25.9 Å². The van der Waals surface area contributed by atoms with Gasteiger partial charge in [-0.2, -0.15) is 27.1 Å². The number of hydrogen-bond donors (Lipinski definition) is 2. The summed E-state index contributed by atoms with van der Waals surface area (Å²) in [5, 5.41) is 10.0. The van der Waals surface area contributed by atoms with Crippen molar-refractivity contribution in [1.29, 1.82) is 0 Å². The Morgan fingerprint density at radius 3 is 1.26 bits per heavy atom. The van der Waals surface area contributed by atoms with Crippen molar-refractivity contribution in [3.63, 3.8) is 0 Å². The van der Waals surface area contributed by atoms with Gasteiger partial charge in [0, 0.05) is 11.1 Å². The number of fused-ring (bicyclic) bond motifs is 2. The Morgan fingerprint density at radius 2 is 0.929 bits per heavy atom. The number of benzene rings is 4. The van der Waals surface area contributed by atoms with E-state index in [0.717, 1.165) is 11.1 Å². The van der Waals surface area contributed by atoms with Gasteiger partial charge in [0.1, 0.15) is 10.0 Å². The molecule has 0 bridgehead atoms. The van der Waals surface area contributed by atoms with E-state index in [1.165, 1.54) is 34.8 Å². The molecule has 0 radical (unpaired) electrons. The third-order valence-corrected chi connectivity index (χ3v) is 11.1. The minimum atomic E-state index is -4.32. The van der Waals surface area contributed by atoms with E-state index in [4.69, 9.17) is 0 Å². The fourth-order valence-corrected chi connectivity index (χ4v) is 8.21. The topological polar surface area (TPSA) is 159 Å². The van der Waals surface area contributed by atoms with Gasteiger partial charge in [-0.25, -0.2) is 9.97 Å². The van der Waals surface area contributed by atoms with Gasteiger partial charge in [-0.3, -0.25) is 9.11 Å². The smallest absolute Gasteiger partial charge is 0.282 e. The van der Waals surface area contributed by atoms with Crippen LogP contribution in [0.3, 0.4) is 0 Å². The molecule has 0 saturated heterocycles. The number of thiazole rings is 2. The van der Waals surface area contributed by atoms with Gasteiger partial charge >= 0.3 is 0 Å². The minimum absolute atomic E-state index is 0.126. The second-order valence-corrected chi connectivity index (χ2v) is 14.1. The molecule has 0 atom stereocenters. The summed E-state index contributed by atoms with van der Waals surface area (Å²) in [5.74, 6) is 0. The summed E-state index contributed by atoms with van der Waals surface area (Å²) < 4.78 is 66.8. The third-order valence-electron chi connectivity index (χ3n) is 6.58. The third kappa shape index (κ3) is 5.35. The average molecular weight is 637 g/mol. The molecule has 6 rings (SSSR count). The summed E-state index contributed by atoms with van der Waals surface area (Å²) in [4.78, 5) is 8.95. The van der Waals surface area contributed by atoms with Gasteiger partial charge in [-0.15, -0.1) is 22.7 Å². The molecule has 0 spiro atoms. The van der Waals surface area contributed by atoms with Crippen molar-refractivity contribution in [2.75, 3.05) is 0 Å². The standard InChI is InChI=1S/C28H20N4O6S4/c1-15-23(41(33,34)35)13-11-21-25(15)39-27(29-21)17-3-7-19(8-4-17)31-32-20-9-5-18(6-10-20)28-30-22-12-14-24(42(36,37)38)16(2)26(22)40-28/h3-14H,1-2H3,(H,33,34,35)(H,36,37,38). The maximum absolute atomic E-state index is 11.6. The zero-order valence-electron chi connectivity index (χ0n) is 21.9. The van der Waals surface area contributed by atoms with Gasteiger partial charge in [0.2, 0.25) is 0 Å². The van der Waals surface area contributed by atoms with Crippen LogP contribution in [0.5, 0.6) is 0 Å². The summed E-state index contributed by atoms with van der Waals surface area (Å²) in [5.41, 5.74) is 5.14. The van der Waals surface area contributed by atoms with Crippen LogP contribution in [0.2, 0.25) is 0 Å². The molecule has 0 aliphatic heterocycles. The van der Waals surface area contributed by atoms with E-state index in [-0.39, 0.29) is 9.79 Å². The number of aryl methyl sites for hydroxylation is 2. The zero-order chi connectivity index (χ0) is 29.8. The number of aromatic nitrogens is 2. The summed E-state index contributed by atoms with van der Waals surface area (Å²) in [7, 11) is -8.64. The van der Waals surface area contributed by atoms with E-state index in [1.807, 2.05) is 24.3 Å². The Balaban J connectivity index is 1.20. The lowest BCUT2D eigenvalue weighted by Crippen LogP contribution is -2.00. The molecule has 0 unspecified atom stereocenters. The van der Waals surface area contributed by atoms with Crippen LogP contribution in [-0.4, -0.2) is 35.9 Å². The quantitative estimate of drug-likeness (QED) is 0.139. The van der Waals surface area contributed by atoms with Crippen LogP contribution >= 0.6 is 22.7 Å². The van der Waals surface area contributed by atoms with Gasteiger partial charge < -0.3 is 0 Å². The van der Waals surface area contributed by atoms with Crippen LogP contribution in [0, 0.1) is 13.8 Å². The SMILES string of the molecule is Cc1c(S(=O)(=O)O)ccc2nc(-c3ccc(N=Nc4ccc(-c5nc6ccc(S(=O)(=O)O)c(C)c6s5)cc4)cc3)sc12. The predicted octanol–water partition coefficient (Wildman–Crippen LogP) is 7.77. The molecule has 212 valence electrons. The van der Waals surface area contributed by atoms with Crippen LogP contribution in [0.25, 0.3) is 41.6 Å². The Bertz CT molecular complexity index is 2090. The van der Waals surface area contributed by atoms with Crippen molar-refractivity contribution in [3.8, 4) is 21.1 Å². The molecule has 4 aromatic carbocycles. The first-order valence-electron chi connectivity index (χ1n) is 12.3. The normalized spacial score (nSPS) is 12.6.